The minimum Gasteiger partial charge on any atom is -0.484 e. The predicted molar refractivity (Wildman–Crippen MR) is 105 cm³/mol. The van der Waals surface area contributed by atoms with Crippen molar-refractivity contribution < 1.29 is 14.3 Å². The Balaban J connectivity index is 2.10. The number of likely N-dealkylation sites (N-methyl/N-ethyl adjacent to an activating group) is 1. The maximum atomic E-state index is 12.7. The lowest BCUT2D eigenvalue weighted by molar-refractivity contribution is -0.142. The molecule has 2 aromatic carbocycles. The van der Waals surface area contributed by atoms with Crippen LogP contribution in [-0.4, -0.2) is 36.4 Å². The van der Waals surface area contributed by atoms with Crippen molar-refractivity contribution in [3.63, 3.8) is 0 Å². The van der Waals surface area contributed by atoms with Crippen molar-refractivity contribution in [2.75, 3.05) is 13.7 Å². The van der Waals surface area contributed by atoms with Crippen LogP contribution in [0.1, 0.15) is 12.5 Å². The molecular weight excluding hydrogens is 420 g/mol. The molecule has 0 radical (unpaired) electrons. The smallest absolute Gasteiger partial charge is 0.261 e. The molecule has 7 heteroatoms. The summed E-state index contributed by atoms with van der Waals surface area (Å²) >= 11 is 9.26. The van der Waals surface area contributed by atoms with Gasteiger partial charge in [0.1, 0.15) is 11.8 Å². The first-order chi connectivity index (χ1) is 12.4. The summed E-state index contributed by atoms with van der Waals surface area (Å²) in [4.78, 5) is 26.2. The largest absolute Gasteiger partial charge is 0.484 e. The summed E-state index contributed by atoms with van der Waals surface area (Å²) in [5.74, 6) is 0.0653. The number of halogens is 2. The van der Waals surface area contributed by atoms with Crippen LogP contribution in [0.2, 0.25) is 5.02 Å². The van der Waals surface area contributed by atoms with Gasteiger partial charge in [0.2, 0.25) is 5.91 Å². The summed E-state index contributed by atoms with van der Waals surface area (Å²) < 4.78 is 6.48. The zero-order chi connectivity index (χ0) is 19.1. The van der Waals surface area contributed by atoms with Crippen LogP contribution >= 0.6 is 27.5 Å². The molecule has 1 atom stereocenters. The van der Waals surface area contributed by atoms with Gasteiger partial charge in [0.05, 0.1) is 0 Å². The summed E-state index contributed by atoms with van der Waals surface area (Å²) in [6.45, 7) is 1.82. The fraction of sp³-hybridized carbons (Fsp3) is 0.263. The molecule has 1 N–H and O–H groups in total. The van der Waals surface area contributed by atoms with E-state index in [1.165, 1.54) is 4.90 Å². The van der Waals surface area contributed by atoms with Gasteiger partial charge >= 0.3 is 0 Å². The molecule has 2 rings (SSSR count). The summed E-state index contributed by atoms with van der Waals surface area (Å²) in [5, 5.41) is 3.19. The molecule has 0 aliphatic carbocycles. The van der Waals surface area contributed by atoms with Crippen molar-refractivity contribution >= 4 is 39.3 Å². The van der Waals surface area contributed by atoms with E-state index in [1.54, 1.807) is 38.2 Å². The van der Waals surface area contributed by atoms with E-state index in [0.717, 1.165) is 10.0 Å². The standard InChI is InChI=1S/C19H20BrClN2O3/c1-13(19(25)22-2)23(11-14-3-7-16(21)8-4-14)18(24)12-26-17-9-5-15(20)6-10-17/h3-10,13H,11-12H2,1-2H3,(H,22,25). The van der Waals surface area contributed by atoms with E-state index in [2.05, 4.69) is 21.2 Å². The number of amides is 2. The van der Waals surface area contributed by atoms with Crippen molar-refractivity contribution in [3.8, 4) is 5.75 Å². The Hall–Kier alpha value is -2.05. The van der Waals surface area contributed by atoms with E-state index in [1.807, 2.05) is 24.3 Å². The van der Waals surface area contributed by atoms with E-state index in [9.17, 15) is 9.59 Å². The molecule has 0 heterocycles. The fourth-order valence-corrected chi connectivity index (χ4v) is 2.73. The normalized spacial score (nSPS) is 11.5. The molecule has 0 fully saturated rings. The minimum absolute atomic E-state index is 0.156. The van der Waals surface area contributed by atoms with Gasteiger partial charge in [-0.3, -0.25) is 9.59 Å². The second-order valence-corrected chi connectivity index (χ2v) is 7.03. The summed E-state index contributed by atoms with van der Waals surface area (Å²) in [6.07, 6.45) is 0. The number of nitrogens with one attached hydrogen (secondary N) is 1. The summed E-state index contributed by atoms with van der Waals surface area (Å²) in [5.41, 5.74) is 0.877. The second kappa shape index (κ2) is 9.59. The van der Waals surface area contributed by atoms with Crippen molar-refractivity contribution in [3.05, 3.63) is 63.6 Å². The Labute approximate surface area is 166 Å². The van der Waals surface area contributed by atoms with Gasteiger partial charge in [0, 0.05) is 23.1 Å². The number of carbonyl (C=O) groups is 2. The second-order valence-electron chi connectivity index (χ2n) is 5.68. The zero-order valence-electron chi connectivity index (χ0n) is 14.5. The van der Waals surface area contributed by atoms with Gasteiger partial charge in [0.25, 0.3) is 5.91 Å². The van der Waals surface area contributed by atoms with E-state index in [4.69, 9.17) is 16.3 Å². The molecule has 1 unspecified atom stereocenters. The molecule has 0 spiro atoms. The van der Waals surface area contributed by atoms with Crippen LogP contribution in [0.5, 0.6) is 5.75 Å². The number of nitrogens with zero attached hydrogens (tertiary/aromatic N) is 1. The molecule has 0 saturated heterocycles. The lowest BCUT2D eigenvalue weighted by Gasteiger charge is -2.28. The van der Waals surface area contributed by atoms with Gasteiger partial charge in [-0.25, -0.2) is 0 Å². The van der Waals surface area contributed by atoms with Gasteiger partial charge in [-0.2, -0.15) is 0 Å². The number of hydrogen-bond acceptors (Lipinski definition) is 3. The molecule has 0 aliphatic rings. The van der Waals surface area contributed by atoms with Gasteiger partial charge in [-0.1, -0.05) is 39.7 Å². The number of rotatable bonds is 7. The third kappa shape index (κ3) is 5.75. The first-order valence-corrected chi connectivity index (χ1v) is 9.21. The van der Waals surface area contributed by atoms with E-state index < -0.39 is 6.04 Å². The first kappa shape index (κ1) is 20.3. The van der Waals surface area contributed by atoms with Crippen molar-refractivity contribution in [2.45, 2.75) is 19.5 Å². The number of benzene rings is 2. The van der Waals surface area contributed by atoms with Gasteiger partial charge in [0.15, 0.2) is 6.61 Å². The van der Waals surface area contributed by atoms with E-state index >= 15 is 0 Å². The van der Waals surface area contributed by atoms with Crippen molar-refractivity contribution in [1.29, 1.82) is 0 Å². The fourth-order valence-electron chi connectivity index (χ4n) is 2.34. The Morgan fingerprint density at radius 1 is 1.15 bits per heavy atom. The molecule has 2 aromatic rings. The molecular formula is C19H20BrClN2O3. The number of carbonyl (C=O) groups excluding carboxylic acids is 2. The van der Waals surface area contributed by atoms with E-state index in [-0.39, 0.29) is 25.0 Å². The van der Waals surface area contributed by atoms with Crippen LogP contribution in [0.15, 0.2) is 53.0 Å². The van der Waals surface area contributed by atoms with Gasteiger partial charge < -0.3 is 15.0 Å². The summed E-state index contributed by atoms with van der Waals surface area (Å²) in [6, 6.07) is 13.7. The van der Waals surface area contributed by atoms with Crippen LogP contribution in [0.25, 0.3) is 0 Å². The topological polar surface area (TPSA) is 58.6 Å². The number of hydrogen-bond donors (Lipinski definition) is 1. The van der Waals surface area contributed by atoms with Crippen LogP contribution in [0.4, 0.5) is 0 Å². The Morgan fingerprint density at radius 3 is 2.35 bits per heavy atom. The lowest BCUT2D eigenvalue weighted by Crippen LogP contribution is -2.48. The first-order valence-electron chi connectivity index (χ1n) is 8.04. The lowest BCUT2D eigenvalue weighted by atomic mass is 10.1. The average Bonchev–Trinajstić information content (AvgIpc) is 2.65. The zero-order valence-corrected chi connectivity index (χ0v) is 16.9. The maximum absolute atomic E-state index is 12.7. The van der Waals surface area contributed by atoms with Crippen LogP contribution in [-0.2, 0) is 16.1 Å². The number of ether oxygens (including phenoxy) is 1. The monoisotopic (exact) mass is 438 g/mol. The van der Waals surface area contributed by atoms with Crippen molar-refractivity contribution in [1.82, 2.24) is 10.2 Å². The highest BCUT2D eigenvalue weighted by atomic mass is 79.9. The Morgan fingerprint density at radius 2 is 1.77 bits per heavy atom. The Kier molecular flexibility index (Phi) is 7.48. The maximum Gasteiger partial charge on any atom is 0.261 e. The van der Waals surface area contributed by atoms with E-state index in [0.29, 0.717) is 10.8 Å². The quantitative estimate of drug-likeness (QED) is 0.716. The SMILES string of the molecule is CNC(=O)C(C)N(Cc1ccc(Cl)cc1)C(=O)COc1ccc(Br)cc1. The third-order valence-corrected chi connectivity index (χ3v) is 4.64. The molecule has 0 aliphatic heterocycles. The van der Waals surface area contributed by atoms with Gasteiger partial charge in [-0.05, 0) is 48.9 Å². The molecule has 0 aromatic heterocycles. The van der Waals surface area contributed by atoms with Crippen LogP contribution in [0, 0.1) is 0 Å². The third-order valence-electron chi connectivity index (χ3n) is 3.86. The van der Waals surface area contributed by atoms with Crippen LogP contribution < -0.4 is 10.1 Å². The molecule has 2 amide bonds. The highest BCUT2D eigenvalue weighted by Gasteiger charge is 2.25. The molecule has 138 valence electrons. The molecule has 26 heavy (non-hydrogen) atoms. The molecule has 0 bridgehead atoms. The highest BCUT2D eigenvalue weighted by molar-refractivity contribution is 9.10. The van der Waals surface area contributed by atoms with Gasteiger partial charge in [-0.15, -0.1) is 0 Å². The minimum atomic E-state index is -0.628. The Bertz CT molecular complexity index is 750. The van der Waals surface area contributed by atoms with Crippen LogP contribution in [0.3, 0.4) is 0 Å². The molecule has 5 nitrogen and oxygen atoms in total. The average molecular weight is 440 g/mol. The molecule has 0 saturated carbocycles. The van der Waals surface area contributed by atoms with Crippen molar-refractivity contribution in [2.24, 2.45) is 0 Å². The highest BCUT2D eigenvalue weighted by Crippen LogP contribution is 2.17. The predicted octanol–water partition coefficient (Wildman–Crippen LogP) is 3.64. The summed E-state index contributed by atoms with van der Waals surface area (Å²) in [7, 11) is 1.54.